The summed E-state index contributed by atoms with van der Waals surface area (Å²) in [6, 6.07) is 63.7. The molecular weight excluding hydrogens is 797 g/mol. The molecule has 62 heavy (non-hydrogen) atoms. The van der Waals surface area contributed by atoms with Crippen LogP contribution in [0.25, 0.3) is 0 Å². The maximum absolute atomic E-state index is 7.28. The molecule has 8 aromatic carbocycles. The van der Waals surface area contributed by atoms with Gasteiger partial charge in [0.05, 0.1) is 0 Å². The Balaban J connectivity index is 1.15. The molecule has 0 unspecified atom stereocenters. The molecule has 0 bridgehead atoms. The SMILES string of the molecule is Clc1cc2c3c(c1)N(c1ccccc1)c1ccccc1B3c1cc3c(cc1N2C1=CCCC=C1)N(c1ccccc1)c1cc(Cl)cc2c1B3c1ccccc1N2c1ccccc1. The van der Waals surface area contributed by atoms with Crippen molar-refractivity contribution in [2.24, 2.45) is 0 Å². The van der Waals surface area contributed by atoms with Crippen LogP contribution < -0.4 is 52.4 Å². The van der Waals surface area contributed by atoms with Crippen LogP contribution in [0.1, 0.15) is 12.8 Å². The molecule has 0 amide bonds. The number of anilines is 11. The minimum atomic E-state index is -0.0679. The quantitative estimate of drug-likeness (QED) is 0.164. The molecule has 4 nitrogen and oxygen atoms in total. The molecule has 0 aromatic heterocycles. The van der Waals surface area contributed by atoms with E-state index in [1.165, 1.54) is 32.8 Å². The first-order valence-electron chi connectivity index (χ1n) is 21.4. The van der Waals surface area contributed by atoms with E-state index >= 15 is 0 Å². The van der Waals surface area contributed by atoms with Crippen LogP contribution in [0.15, 0.2) is 200 Å². The molecule has 0 saturated heterocycles. The lowest BCUT2D eigenvalue weighted by atomic mass is 9.30. The van der Waals surface area contributed by atoms with E-state index in [2.05, 4.69) is 214 Å². The summed E-state index contributed by atoms with van der Waals surface area (Å²) >= 11 is 14.6. The van der Waals surface area contributed by atoms with Gasteiger partial charge in [-0.2, -0.15) is 0 Å². The molecule has 0 radical (unpaired) electrons. The number of allylic oxidation sites excluding steroid dienone is 3. The van der Waals surface area contributed by atoms with Crippen LogP contribution in [0.4, 0.5) is 62.6 Å². The number of rotatable bonds is 4. The van der Waals surface area contributed by atoms with E-state index in [9.17, 15) is 0 Å². The van der Waals surface area contributed by atoms with Crippen molar-refractivity contribution in [3.8, 4) is 0 Å². The zero-order valence-corrected chi connectivity index (χ0v) is 35.1. The Morgan fingerprint density at radius 3 is 1.21 bits per heavy atom. The summed E-state index contributed by atoms with van der Waals surface area (Å²) in [5.41, 5.74) is 21.0. The fourth-order valence-corrected chi connectivity index (χ4v) is 11.3. The number of benzene rings is 8. The Bertz CT molecular complexity index is 3210. The molecular formula is C54H36B2Cl2N4. The van der Waals surface area contributed by atoms with Gasteiger partial charge < -0.3 is 19.6 Å². The fourth-order valence-electron chi connectivity index (χ4n) is 10.9. The molecule has 4 heterocycles. The first kappa shape index (κ1) is 35.9. The minimum absolute atomic E-state index is 0.0611. The molecule has 8 heteroatoms. The van der Waals surface area contributed by atoms with Gasteiger partial charge >= 0.3 is 0 Å². The highest BCUT2D eigenvalue weighted by Gasteiger charge is 2.48. The lowest BCUT2D eigenvalue weighted by Gasteiger charge is -2.47. The van der Waals surface area contributed by atoms with Gasteiger partial charge in [0.1, 0.15) is 0 Å². The molecule has 0 saturated carbocycles. The van der Waals surface area contributed by atoms with Gasteiger partial charge in [0.25, 0.3) is 13.4 Å². The van der Waals surface area contributed by atoms with E-state index in [-0.39, 0.29) is 13.4 Å². The smallest absolute Gasteiger partial charge is 0.252 e. The van der Waals surface area contributed by atoms with E-state index in [1.807, 2.05) is 0 Å². The average molecular weight is 833 g/mol. The number of halogens is 2. The van der Waals surface area contributed by atoms with Crippen molar-refractivity contribution >= 4 is 132 Å². The van der Waals surface area contributed by atoms with E-state index in [1.54, 1.807) is 0 Å². The molecule has 13 rings (SSSR count). The zero-order valence-electron chi connectivity index (χ0n) is 33.6. The first-order chi connectivity index (χ1) is 30.6. The number of nitrogens with zero attached hydrogens (tertiary/aromatic N) is 4. The van der Waals surface area contributed by atoms with Crippen molar-refractivity contribution < 1.29 is 0 Å². The standard InChI is InChI=1S/C54H36B2Cl2N4/c57-35-29-49-53-51(31-35)61(39-21-9-3-10-22-39)47-34-48-44(33-43(47)55(53)41-25-13-15-27-45(41)59(49)37-17-5-1-6-18-37)56-42-26-14-16-28-46(42)60(38-19-7-2-8-20-38)50-30-36(58)32-52(54(50)56)62(48)40-23-11-4-12-24-40/h1-3,5-11,13-34H,4,12H2. The summed E-state index contributed by atoms with van der Waals surface area (Å²) in [6.45, 7) is -0.129. The van der Waals surface area contributed by atoms with Gasteiger partial charge in [-0.1, -0.05) is 132 Å². The second-order valence-electron chi connectivity index (χ2n) is 16.6. The number of fused-ring (bicyclic) bond motifs is 8. The minimum Gasteiger partial charge on any atom is -0.312 e. The number of para-hydroxylation sites is 5. The number of hydrogen-bond acceptors (Lipinski definition) is 4. The van der Waals surface area contributed by atoms with Gasteiger partial charge in [0.2, 0.25) is 0 Å². The lowest BCUT2D eigenvalue weighted by molar-refractivity contribution is 0.998. The highest BCUT2D eigenvalue weighted by atomic mass is 35.5. The monoisotopic (exact) mass is 832 g/mol. The maximum Gasteiger partial charge on any atom is 0.252 e. The normalized spacial score (nSPS) is 15.0. The summed E-state index contributed by atoms with van der Waals surface area (Å²) in [7, 11) is 0. The molecule has 4 aliphatic heterocycles. The van der Waals surface area contributed by atoms with Gasteiger partial charge in [0, 0.05) is 78.3 Å². The van der Waals surface area contributed by atoms with Crippen molar-refractivity contribution in [1.82, 2.24) is 0 Å². The third-order valence-corrected chi connectivity index (χ3v) is 13.7. The van der Waals surface area contributed by atoms with Crippen LogP contribution in [0.3, 0.4) is 0 Å². The van der Waals surface area contributed by atoms with Gasteiger partial charge in [-0.15, -0.1) is 0 Å². The van der Waals surface area contributed by atoms with Gasteiger partial charge in [-0.05, 0) is 131 Å². The van der Waals surface area contributed by atoms with Crippen LogP contribution in [-0.4, -0.2) is 13.4 Å². The Hall–Kier alpha value is -6.85. The second kappa shape index (κ2) is 13.8. The van der Waals surface area contributed by atoms with Crippen molar-refractivity contribution in [3.63, 3.8) is 0 Å². The summed E-state index contributed by atoms with van der Waals surface area (Å²) in [4.78, 5) is 9.73. The second-order valence-corrected chi connectivity index (χ2v) is 17.5. The molecule has 0 fully saturated rings. The highest BCUT2D eigenvalue weighted by molar-refractivity contribution is 7.03. The first-order valence-corrected chi connectivity index (χ1v) is 22.1. The molecule has 1 aliphatic carbocycles. The van der Waals surface area contributed by atoms with E-state index in [4.69, 9.17) is 23.2 Å². The van der Waals surface area contributed by atoms with Crippen LogP contribution in [-0.2, 0) is 0 Å². The Morgan fingerprint density at radius 1 is 0.355 bits per heavy atom. The zero-order chi connectivity index (χ0) is 41.1. The molecule has 0 spiro atoms. The van der Waals surface area contributed by atoms with Crippen LogP contribution >= 0.6 is 23.2 Å². The Labute approximate surface area is 372 Å². The van der Waals surface area contributed by atoms with Crippen molar-refractivity contribution in [1.29, 1.82) is 0 Å². The van der Waals surface area contributed by atoms with Crippen molar-refractivity contribution in [2.75, 3.05) is 19.6 Å². The van der Waals surface area contributed by atoms with Crippen molar-refractivity contribution in [2.45, 2.75) is 12.8 Å². The van der Waals surface area contributed by atoms with E-state index < -0.39 is 0 Å². The largest absolute Gasteiger partial charge is 0.312 e. The van der Waals surface area contributed by atoms with Gasteiger partial charge in [0.15, 0.2) is 0 Å². The predicted octanol–water partition coefficient (Wildman–Crippen LogP) is 11.1. The lowest BCUT2D eigenvalue weighted by Crippen LogP contribution is -2.65. The maximum atomic E-state index is 7.28. The molecule has 0 atom stereocenters. The third-order valence-electron chi connectivity index (χ3n) is 13.3. The molecule has 0 N–H and O–H groups in total. The summed E-state index contributed by atoms with van der Waals surface area (Å²) in [5.74, 6) is 0. The van der Waals surface area contributed by atoms with Gasteiger partial charge in [-0.25, -0.2) is 0 Å². The summed E-state index contributed by atoms with van der Waals surface area (Å²) in [5, 5.41) is 1.39. The molecule has 292 valence electrons. The van der Waals surface area contributed by atoms with Crippen LogP contribution in [0, 0.1) is 0 Å². The number of hydrogen-bond donors (Lipinski definition) is 0. The Kier molecular flexibility index (Phi) is 8.00. The molecule has 8 aromatic rings. The van der Waals surface area contributed by atoms with Crippen molar-refractivity contribution in [3.05, 3.63) is 210 Å². The summed E-state index contributed by atoms with van der Waals surface area (Å²) < 4.78 is 0. The van der Waals surface area contributed by atoms with Crippen LogP contribution in [0.5, 0.6) is 0 Å². The fraction of sp³-hybridized carbons (Fsp3) is 0.0370. The molecule has 5 aliphatic rings. The third kappa shape index (κ3) is 5.17. The Morgan fingerprint density at radius 2 is 0.758 bits per heavy atom. The van der Waals surface area contributed by atoms with Crippen LogP contribution in [0.2, 0.25) is 10.0 Å². The highest BCUT2D eigenvalue weighted by Crippen LogP contribution is 2.49. The van der Waals surface area contributed by atoms with Gasteiger partial charge in [-0.3, -0.25) is 0 Å². The summed E-state index contributed by atoms with van der Waals surface area (Å²) in [6.07, 6.45) is 8.96. The average Bonchev–Trinajstić information content (AvgIpc) is 3.31. The predicted molar refractivity (Wildman–Crippen MR) is 265 cm³/mol. The van der Waals surface area contributed by atoms with E-state index in [0.717, 1.165) is 81.1 Å². The topological polar surface area (TPSA) is 13.0 Å². The van der Waals surface area contributed by atoms with E-state index in [0.29, 0.717) is 10.0 Å².